The zero-order valence-corrected chi connectivity index (χ0v) is 26.0. The number of amides is 1. The lowest BCUT2D eigenvalue weighted by molar-refractivity contribution is -0.215. The van der Waals surface area contributed by atoms with Crippen molar-refractivity contribution in [1.82, 2.24) is 5.32 Å². The molecule has 16 nitrogen and oxygen atoms in total. The molecule has 0 spiro atoms. The number of ether oxygens (including phenoxy) is 3. The van der Waals surface area contributed by atoms with E-state index in [-0.39, 0.29) is 39.1 Å². The number of carbonyl (C=O) groups is 4. The van der Waals surface area contributed by atoms with Crippen LogP contribution >= 0.6 is 0 Å². The van der Waals surface area contributed by atoms with E-state index in [9.17, 15) is 60.0 Å². The summed E-state index contributed by atoms with van der Waals surface area (Å²) in [4.78, 5) is 52.4. The SMILES string of the molecule is COc1cc(O)c2c(c1)C(=O)c1c(cc3c(c1O)-c1c(cc(C)c(C(=O)N[C@H](C)C(=O)O)c1O)[C@H](O[C@@H]1O[C@@H](CO)[C@H](O)[C@H]1O)[C@H]3O)C2=O. The van der Waals surface area contributed by atoms with Gasteiger partial charge < -0.3 is 60.4 Å². The number of nitrogens with one attached hydrogen (secondary N) is 1. The third-order valence-corrected chi connectivity index (χ3v) is 9.02. The summed E-state index contributed by atoms with van der Waals surface area (Å²) >= 11 is 0. The molecule has 9 N–H and O–H groups in total. The summed E-state index contributed by atoms with van der Waals surface area (Å²) in [7, 11) is 1.27. The topological polar surface area (TPSA) is 270 Å². The summed E-state index contributed by atoms with van der Waals surface area (Å²) in [5.74, 6) is -6.49. The molecule has 6 rings (SSSR count). The summed E-state index contributed by atoms with van der Waals surface area (Å²) in [6.45, 7) is 1.87. The van der Waals surface area contributed by atoms with Crippen molar-refractivity contribution in [3.05, 3.63) is 68.8 Å². The average Bonchev–Trinajstić information content (AvgIpc) is 3.32. The molecular weight excluding hydrogens is 650 g/mol. The maximum atomic E-state index is 13.9. The molecule has 1 fully saturated rings. The van der Waals surface area contributed by atoms with Gasteiger partial charge in [-0.25, -0.2) is 0 Å². The van der Waals surface area contributed by atoms with Crippen LogP contribution in [0.4, 0.5) is 0 Å². The minimum atomic E-state index is -1.83. The third kappa shape index (κ3) is 5.08. The number of rotatable bonds is 7. The number of aliphatic carboxylic acids is 1. The predicted molar refractivity (Wildman–Crippen MR) is 163 cm³/mol. The Balaban J connectivity index is 1.59. The Morgan fingerprint density at radius 3 is 2.14 bits per heavy atom. The second kappa shape index (κ2) is 12.1. The van der Waals surface area contributed by atoms with E-state index in [4.69, 9.17) is 14.2 Å². The molecule has 1 amide bonds. The number of methoxy groups -OCH3 is 1. The van der Waals surface area contributed by atoms with Crippen LogP contribution < -0.4 is 10.1 Å². The molecular formula is C33H31NO15. The highest BCUT2D eigenvalue weighted by Crippen LogP contribution is 2.57. The Morgan fingerprint density at radius 1 is 0.898 bits per heavy atom. The number of benzene rings is 3. The van der Waals surface area contributed by atoms with Gasteiger partial charge in [-0.05, 0) is 42.7 Å². The van der Waals surface area contributed by atoms with Crippen LogP contribution in [0, 0.1) is 6.92 Å². The van der Waals surface area contributed by atoms with Crippen LogP contribution in [-0.2, 0) is 14.3 Å². The lowest BCUT2D eigenvalue weighted by Crippen LogP contribution is -2.39. The lowest BCUT2D eigenvalue weighted by atomic mass is 9.74. The normalized spacial score (nSPS) is 24.4. The first kappa shape index (κ1) is 33.8. The molecule has 0 aromatic heterocycles. The highest BCUT2D eigenvalue weighted by molar-refractivity contribution is 6.31. The van der Waals surface area contributed by atoms with Gasteiger partial charge in [-0.3, -0.25) is 19.2 Å². The van der Waals surface area contributed by atoms with Gasteiger partial charge in [0.05, 0.1) is 30.4 Å². The summed E-state index contributed by atoms with van der Waals surface area (Å²) in [5, 5.41) is 87.9. The smallest absolute Gasteiger partial charge is 0.325 e. The minimum Gasteiger partial charge on any atom is -0.507 e. The number of ketones is 2. The van der Waals surface area contributed by atoms with Crippen molar-refractivity contribution in [1.29, 1.82) is 0 Å². The molecule has 0 saturated carbocycles. The fourth-order valence-electron chi connectivity index (χ4n) is 6.53. The number of aromatic hydroxyl groups is 3. The molecule has 0 radical (unpaired) electrons. The van der Waals surface area contributed by atoms with Gasteiger partial charge in [-0.2, -0.15) is 0 Å². The van der Waals surface area contributed by atoms with E-state index in [1.54, 1.807) is 0 Å². The van der Waals surface area contributed by atoms with E-state index in [2.05, 4.69) is 5.32 Å². The van der Waals surface area contributed by atoms with E-state index in [1.165, 1.54) is 33.1 Å². The molecule has 7 atom stereocenters. The monoisotopic (exact) mass is 681 g/mol. The van der Waals surface area contributed by atoms with E-state index in [0.717, 1.165) is 12.1 Å². The van der Waals surface area contributed by atoms with Gasteiger partial charge in [0.1, 0.15) is 59.6 Å². The van der Waals surface area contributed by atoms with Crippen LogP contribution in [0.1, 0.15) is 78.0 Å². The predicted octanol–water partition coefficient (Wildman–Crippen LogP) is 0.309. The number of carboxylic acids is 1. The highest BCUT2D eigenvalue weighted by Gasteiger charge is 2.48. The number of fused-ring (bicyclic) bond motifs is 5. The molecule has 1 aliphatic heterocycles. The van der Waals surface area contributed by atoms with Gasteiger partial charge in [0, 0.05) is 28.3 Å². The zero-order chi connectivity index (χ0) is 35.8. The van der Waals surface area contributed by atoms with Crippen LogP contribution in [0.5, 0.6) is 23.0 Å². The Morgan fingerprint density at radius 2 is 1.53 bits per heavy atom. The Kier molecular flexibility index (Phi) is 8.34. The second-order valence-electron chi connectivity index (χ2n) is 12.0. The van der Waals surface area contributed by atoms with Crippen molar-refractivity contribution >= 4 is 23.4 Å². The second-order valence-corrected chi connectivity index (χ2v) is 12.0. The first-order valence-electron chi connectivity index (χ1n) is 14.9. The molecule has 16 heteroatoms. The fraction of sp³-hybridized carbons (Fsp3) is 0.333. The zero-order valence-electron chi connectivity index (χ0n) is 26.0. The molecule has 0 bridgehead atoms. The first-order valence-corrected chi connectivity index (χ1v) is 14.9. The summed E-state index contributed by atoms with van der Waals surface area (Å²) in [6.07, 6.45) is -9.68. The van der Waals surface area contributed by atoms with Gasteiger partial charge >= 0.3 is 5.97 Å². The molecule has 49 heavy (non-hydrogen) atoms. The Labute approximate surface area is 276 Å². The molecule has 2 aliphatic carbocycles. The van der Waals surface area contributed by atoms with E-state index in [1.807, 2.05) is 0 Å². The number of hydrogen-bond donors (Lipinski definition) is 9. The van der Waals surface area contributed by atoms with Crippen LogP contribution in [0.2, 0.25) is 0 Å². The van der Waals surface area contributed by atoms with E-state index in [0.29, 0.717) is 0 Å². The molecule has 3 aromatic rings. The largest absolute Gasteiger partial charge is 0.507 e. The number of aliphatic hydroxyl groups excluding tert-OH is 4. The lowest BCUT2D eigenvalue weighted by Gasteiger charge is -2.36. The highest BCUT2D eigenvalue weighted by atomic mass is 16.7. The molecule has 1 saturated heterocycles. The van der Waals surface area contributed by atoms with E-state index >= 15 is 0 Å². The number of carbonyl (C=O) groups excluding carboxylic acids is 3. The van der Waals surface area contributed by atoms with Crippen LogP contribution in [0.15, 0.2) is 24.3 Å². The quantitative estimate of drug-likeness (QED) is 0.127. The van der Waals surface area contributed by atoms with Crippen molar-refractivity contribution in [3.63, 3.8) is 0 Å². The van der Waals surface area contributed by atoms with Crippen LogP contribution in [0.3, 0.4) is 0 Å². The van der Waals surface area contributed by atoms with Gasteiger partial charge in [0.15, 0.2) is 17.9 Å². The first-order chi connectivity index (χ1) is 23.1. The Hall–Kier alpha value is -5.10. The summed E-state index contributed by atoms with van der Waals surface area (Å²) < 4.78 is 16.5. The Bertz CT molecular complexity index is 1960. The van der Waals surface area contributed by atoms with Crippen molar-refractivity contribution in [3.8, 4) is 34.1 Å². The summed E-state index contributed by atoms with van der Waals surface area (Å²) in [5.41, 5.74) is -3.17. The molecule has 3 aliphatic rings. The number of phenols is 3. The number of phenolic OH excluding ortho intramolecular Hbond substituents is 3. The summed E-state index contributed by atoms with van der Waals surface area (Å²) in [6, 6.07) is 3.26. The third-order valence-electron chi connectivity index (χ3n) is 9.02. The molecule has 3 aromatic carbocycles. The van der Waals surface area contributed by atoms with Crippen LogP contribution in [0.25, 0.3) is 11.1 Å². The van der Waals surface area contributed by atoms with Gasteiger partial charge in [-0.1, -0.05) is 6.07 Å². The molecule has 258 valence electrons. The maximum absolute atomic E-state index is 13.9. The van der Waals surface area contributed by atoms with Crippen molar-refractivity contribution in [2.75, 3.05) is 13.7 Å². The van der Waals surface area contributed by atoms with Crippen molar-refractivity contribution < 1.29 is 74.2 Å². The number of carboxylic acid groups (broad SMARTS) is 1. The number of aliphatic hydroxyl groups is 4. The van der Waals surface area contributed by atoms with Gasteiger partial charge in [-0.15, -0.1) is 0 Å². The maximum Gasteiger partial charge on any atom is 0.325 e. The minimum absolute atomic E-state index is 0.0308. The van der Waals surface area contributed by atoms with Crippen LogP contribution in [-0.4, -0.2) is 109 Å². The molecule has 0 unspecified atom stereocenters. The van der Waals surface area contributed by atoms with Gasteiger partial charge in [0.2, 0.25) is 0 Å². The average molecular weight is 682 g/mol. The fourth-order valence-corrected chi connectivity index (χ4v) is 6.53. The van der Waals surface area contributed by atoms with Crippen molar-refractivity contribution in [2.24, 2.45) is 0 Å². The standard InChI is InChI=1S/C33H31NO15/c1-9-4-15-21(27(41)18(9)31(44)34-10(2)32(45)46)20-13(25(39)30(15)49-33-29(43)26(40)17(8-35)48-33)7-14-22(28(20)42)24(38)12-5-11(47-3)6-16(36)19(12)23(14)37/h4-7,10,17,25-26,29-30,33,35-36,39-43H,8H2,1-3H3,(H,34,44)(H,45,46)/t10-,17+,25+,26+,29-,30+,33+/m1/s1. The number of hydrogen-bond acceptors (Lipinski definition) is 14. The number of aryl methyl sites for hydroxylation is 1. The molecule has 1 heterocycles. The van der Waals surface area contributed by atoms with Gasteiger partial charge in [0.25, 0.3) is 5.91 Å². The van der Waals surface area contributed by atoms with Crippen molar-refractivity contribution in [2.45, 2.75) is 56.7 Å². The van der Waals surface area contributed by atoms with E-state index < -0.39 is 112 Å².